The zero-order valence-corrected chi connectivity index (χ0v) is 14.8. The fourth-order valence-corrected chi connectivity index (χ4v) is 3.04. The van der Waals surface area contributed by atoms with Crippen molar-refractivity contribution < 1.29 is 19.3 Å². The molecule has 2 heterocycles. The molecule has 0 aliphatic carbocycles. The number of hydrogen-bond donors (Lipinski definition) is 1. The van der Waals surface area contributed by atoms with Gasteiger partial charge >= 0.3 is 0 Å². The van der Waals surface area contributed by atoms with Gasteiger partial charge in [-0.05, 0) is 24.3 Å². The molecular weight excluding hydrogens is 334 g/mol. The van der Waals surface area contributed by atoms with Crippen molar-refractivity contribution in [2.45, 2.75) is 18.6 Å². The highest BCUT2D eigenvalue weighted by Gasteiger charge is 2.31. The normalized spacial score (nSPS) is 19.5. The average Bonchev–Trinajstić information content (AvgIpc) is 2.69. The molecule has 1 aliphatic heterocycles. The van der Waals surface area contributed by atoms with Crippen LogP contribution in [-0.4, -0.2) is 49.6 Å². The Balaban J connectivity index is 1.69. The molecule has 1 aliphatic rings. The average molecular weight is 355 g/mol. The number of benzene rings is 1. The van der Waals surface area contributed by atoms with Crippen LogP contribution in [0.1, 0.15) is 12.0 Å². The van der Waals surface area contributed by atoms with Crippen LogP contribution in [0.25, 0.3) is 0 Å². The van der Waals surface area contributed by atoms with Crippen LogP contribution in [0.2, 0.25) is 0 Å². The predicted octanol–water partition coefficient (Wildman–Crippen LogP) is 1.99. The minimum Gasteiger partial charge on any atom is -0.493 e. The fourth-order valence-electron chi connectivity index (χ4n) is 3.04. The molecule has 1 fully saturated rings. The molecule has 26 heavy (non-hydrogen) atoms. The van der Waals surface area contributed by atoms with Gasteiger partial charge in [-0.25, -0.2) is 4.98 Å². The van der Waals surface area contributed by atoms with Gasteiger partial charge in [0.15, 0.2) is 11.5 Å². The van der Waals surface area contributed by atoms with Crippen molar-refractivity contribution in [3.05, 3.63) is 42.1 Å². The summed E-state index contributed by atoms with van der Waals surface area (Å²) in [7, 11) is 3.14. The van der Waals surface area contributed by atoms with Crippen LogP contribution in [0.15, 0.2) is 36.5 Å². The SMILES string of the molecule is COc1ccc(O[C@@H]2CCN(c3ncccc3C#N)C[C@H]2O)cc1OC. The number of ether oxygens (including phenoxy) is 3. The van der Waals surface area contributed by atoms with E-state index in [-0.39, 0.29) is 6.10 Å². The van der Waals surface area contributed by atoms with Crippen molar-refractivity contribution in [2.75, 3.05) is 32.2 Å². The quantitative estimate of drug-likeness (QED) is 0.877. The number of methoxy groups -OCH3 is 2. The summed E-state index contributed by atoms with van der Waals surface area (Å²) in [6, 6.07) is 10.9. The number of piperidine rings is 1. The van der Waals surface area contributed by atoms with Crippen molar-refractivity contribution in [3.8, 4) is 23.3 Å². The van der Waals surface area contributed by atoms with Crippen LogP contribution < -0.4 is 19.1 Å². The molecule has 1 aromatic carbocycles. The number of nitrogens with zero attached hydrogens (tertiary/aromatic N) is 3. The highest BCUT2D eigenvalue weighted by molar-refractivity contribution is 5.54. The van der Waals surface area contributed by atoms with Gasteiger partial charge in [-0.1, -0.05) is 0 Å². The maximum atomic E-state index is 10.5. The zero-order valence-electron chi connectivity index (χ0n) is 14.8. The van der Waals surface area contributed by atoms with Gasteiger partial charge in [-0.15, -0.1) is 0 Å². The molecule has 0 bridgehead atoms. The first kappa shape index (κ1) is 17.8. The number of pyridine rings is 1. The molecule has 0 spiro atoms. The Morgan fingerprint density at radius 3 is 2.73 bits per heavy atom. The Labute approximate surface area is 152 Å². The molecule has 0 unspecified atom stereocenters. The summed E-state index contributed by atoms with van der Waals surface area (Å²) in [6.45, 7) is 0.990. The van der Waals surface area contributed by atoms with E-state index in [1.54, 1.807) is 50.7 Å². The van der Waals surface area contributed by atoms with E-state index in [1.807, 2.05) is 4.90 Å². The first-order valence-corrected chi connectivity index (χ1v) is 8.33. The smallest absolute Gasteiger partial charge is 0.164 e. The summed E-state index contributed by atoms with van der Waals surface area (Å²) in [6.07, 6.45) is 1.20. The summed E-state index contributed by atoms with van der Waals surface area (Å²) in [5.74, 6) is 2.40. The molecule has 3 rings (SSSR count). The van der Waals surface area contributed by atoms with Gasteiger partial charge < -0.3 is 24.2 Å². The van der Waals surface area contributed by atoms with Crippen molar-refractivity contribution in [1.29, 1.82) is 5.26 Å². The lowest BCUT2D eigenvalue weighted by atomic mass is 10.0. The predicted molar refractivity (Wildman–Crippen MR) is 95.8 cm³/mol. The molecule has 0 radical (unpaired) electrons. The molecule has 136 valence electrons. The first-order valence-electron chi connectivity index (χ1n) is 8.33. The van der Waals surface area contributed by atoms with Crippen LogP contribution in [-0.2, 0) is 0 Å². The maximum Gasteiger partial charge on any atom is 0.164 e. The standard InChI is InChI=1S/C19H21N3O4/c1-24-17-6-5-14(10-18(17)25-2)26-16-7-9-22(12-15(16)23)19-13(11-20)4-3-8-21-19/h3-6,8,10,15-16,23H,7,9,12H2,1-2H3/t15-,16-/m1/s1. The van der Waals surface area contributed by atoms with Crippen molar-refractivity contribution >= 4 is 5.82 Å². The number of nitriles is 1. The van der Waals surface area contributed by atoms with Crippen LogP contribution in [0.5, 0.6) is 17.2 Å². The highest BCUT2D eigenvalue weighted by atomic mass is 16.5. The summed E-state index contributed by atoms with van der Waals surface area (Å²) in [4.78, 5) is 6.19. The second-order valence-electron chi connectivity index (χ2n) is 5.96. The minimum atomic E-state index is -0.703. The summed E-state index contributed by atoms with van der Waals surface area (Å²) in [5, 5.41) is 19.7. The summed E-state index contributed by atoms with van der Waals surface area (Å²) in [5.41, 5.74) is 0.499. The van der Waals surface area contributed by atoms with Crippen molar-refractivity contribution in [2.24, 2.45) is 0 Å². The van der Waals surface area contributed by atoms with Crippen molar-refractivity contribution in [3.63, 3.8) is 0 Å². The van der Waals surface area contributed by atoms with Gasteiger partial charge in [0.25, 0.3) is 0 Å². The van der Waals surface area contributed by atoms with Gasteiger partial charge in [0.1, 0.15) is 29.8 Å². The highest BCUT2D eigenvalue weighted by Crippen LogP contribution is 2.32. The molecule has 7 nitrogen and oxygen atoms in total. The van der Waals surface area contributed by atoms with E-state index in [9.17, 15) is 10.4 Å². The molecule has 1 aromatic heterocycles. The first-order chi connectivity index (χ1) is 12.7. The number of aliphatic hydroxyl groups is 1. The molecule has 1 N–H and O–H groups in total. The molecular formula is C19H21N3O4. The molecule has 1 saturated heterocycles. The summed E-state index contributed by atoms with van der Waals surface area (Å²) >= 11 is 0. The van der Waals surface area contributed by atoms with Gasteiger partial charge in [-0.2, -0.15) is 5.26 Å². The minimum absolute atomic E-state index is 0.349. The third-order valence-corrected chi connectivity index (χ3v) is 4.37. The largest absolute Gasteiger partial charge is 0.493 e. The van der Waals surface area contributed by atoms with E-state index in [2.05, 4.69) is 11.1 Å². The number of β-amino-alcohol motifs (C(OH)–C–C–N with tert-alkyl or cyclic N) is 1. The molecule has 2 atom stereocenters. The topological polar surface area (TPSA) is 87.8 Å². The van der Waals surface area contributed by atoms with E-state index in [0.717, 1.165) is 0 Å². The summed E-state index contributed by atoms with van der Waals surface area (Å²) < 4.78 is 16.4. The van der Waals surface area contributed by atoms with Crippen LogP contribution in [0, 0.1) is 11.3 Å². The monoisotopic (exact) mass is 355 g/mol. The van der Waals surface area contributed by atoms with E-state index in [4.69, 9.17) is 14.2 Å². The molecule has 7 heteroatoms. The molecule has 0 saturated carbocycles. The Hall–Kier alpha value is -2.98. The van der Waals surface area contributed by atoms with E-state index in [1.165, 1.54) is 0 Å². The van der Waals surface area contributed by atoms with E-state index in [0.29, 0.717) is 48.1 Å². The van der Waals surface area contributed by atoms with Gasteiger partial charge in [0, 0.05) is 31.8 Å². The third kappa shape index (κ3) is 3.65. The second kappa shape index (κ2) is 7.93. The number of anilines is 1. The molecule has 0 amide bonds. The number of aliphatic hydroxyl groups excluding tert-OH is 1. The Kier molecular flexibility index (Phi) is 5.44. The Bertz CT molecular complexity index is 806. The lowest BCUT2D eigenvalue weighted by molar-refractivity contribution is 0.0239. The zero-order chi connectivity index (χ0) is 18.5. The van der Waals surface area contributed by atoms with Crippen LogP contribution in [0.4, 0.5) is 5.82 Å². The van der Waals surface area contributed by atoms with E-state index < -0.39 is 6.10 Å². The molecule has 2 aromatic rings. The van der Waals surface area contributed by atoms with Crippen LogP contribution >= 0.6 is 0 Å². The van der Waals surface area contributed by atoms with Crippen LogP contribution in [0.3, 0.4) is 0 Å². The maximum absolute atomic E-state index is 10.5. The number of rotatable bonds is 5. The number of aromatic nitrogens is 1. The Morgan fingerprint density at radius 1 is 1.23 bits per heavy atom. The number of hydrogen-bond acceptors (Lipinski definition) is 7. The van der Waals surface area contributed by atoms with Crippen molar-refractivity contribution in [1.82, 2.24) is 4.98 Å². The second-order valence-corrected chi connectivity index (χ2v) is 5.96. The van der Waals surface area contributed by atoms with Gasteiger partial charge in [0.05, 0.1) is 19.8 Å². The van der Waals surface area contributed by atoms with E-state index >= 15 is 0 Å². The Morgan fingerprint density at radius 2 is 2.04 bits per heavy atom. The third-order valence-electron chi connectivity index (χ3n) is 4.37. The van der Waals surface area contributed by atoms with Gasteiger partial charge in [0.2, 0.25) is 0 Å². The van der Waals surface area contributed by atoms with Gasteiger partial charge in [-0.3, -0.25) is 0 Å². The lowest BCUT2D eigenvalue weighted by Gasteiger charge is -2.36. The fraction of sp³-hybridized carbons (Fsp3) is 0.368. The lowest BCUT2D eigenvalue weighted by Crippen LogP contribution is -2.49.